The van der Waals surface area contributed by atoms with Gasteiger partial charge in [-0.2, -0.15) is 4.80 Å². The number of halogens is 2. The molecule has 0 aliphatic heterocycles. The first-order valence-corrected chi connectivity index (χ1v) is 13.4. The normalized spacial score (nSPS) is 12.8. The summed E-state index contributed by atoms with van der Waals surface area (Å²) in [4.78, 5) is 13.8. The fourth-order valence-corrected chi connectivity index (χ4v) is 5.21. The molecule has 1 heterocycles. The molecule has 0 spiro atoms. The van der Waals surface area contributed by atoms with Crippen LogP contribution in [-0.2, 0) is 27.8 Å². The van der Waals surface area contributed by atoms with Gasteiger partial charge in [0.05, 0.1) is 11.8 Å². The standard InChI is InChI=1S/C21H31Cl2N5O3S/c1-3-5-6-7-8-9-13-32(30,31)26-19(4-2)20(29)15-28-25-21(24-27-28)14-16-17(22)11-10-12-18(16)23/h10-12,19,26H,3-9,13-15H2,1-2H3. The van der Waals surface area contributed by atoms with E-state index in [1.54, 1.807) is 25.1 Å². The molecule has 2 aromatic rings. The third-order valence-electron chi connectivity index (χ3n) is 5.07. The summed E-state index contributed by atoms with van der Waals surface area (Å²) in [6.07, 6.45) is 6.53. The third-order valence-corrected chi connectivity index (χ3v) is 7.25. The van der Waals surface area contributed by atoms with Gasteiger partial charge in [0.25, 0.3) is 0 Å². The highest BCUT2D eigenvalue weighted by molar-refractivity contribution is 7.89. The lowest BCUT2D eigenvalue weighted by molar-refractivity contribution is -0.121. The lowest BCUT2D eigenvalue weighted by Gasteiger charge is -2.15. The van der Waals surface area contributed by atoms with E-state index in [1.807, 2.05) is 0 Å². The maximum atomic E-state index is 12.6. The molecular formula is C21H31Cl2N5O3S. The van der Waals surface area contributed by atoms with E-state index in [0.717, 1.165) is 30.5 Å². The summed E-state index contributed by atoms with van der Waals surface area (Å²) in [7, 11) is -3.53. The third kappa shape index (κ3) is 8.77. The molecule has 11 heteroatoms. The van der Waals surface area contributed by atoms with E-state index < -0.39 is 16.1 Å². The predicted octanol–water partition coefficient (Wildman–Crippen LogP) is 4.20. The first-order valence-electron chi connectivity index (χ1n) is 11.0. The number of ketones is 1. The first-order chi connectivity index (χ1) is 15.3. The van der Waals surface area contributed by atoms with Gasteiger partial charge in [0.15, 0.2) is 11.6 Å². The largest absolute Gasteiger partial charge is 0.296 e. The molecule has 178 valence electrons. The SMILES string of the molecule is CCCCCCCCS(=O)(=O)NC(CC)C(=O)Cn1nnc(Cc2c(Cl)cccc2Cl)n1. The highest BCUT2D eigenvalue weighted by Gasteiger charge is 2.23. The van der Waals surface area contributed by atoms with Gasteiger partial charge in [-0.05, 0) is 35.8 Å². The molecule has 1 unspecified atom stereocenters. The molecule has 0 saturated carbocycles. The van der Waals surface area contributed by atoms with Crippen LogP contribution < -0.4 is 4.72 Å². The van der Waals surface area contributed by atoms with Crippen molar-refractivity contribution < 1.29 is 13.2 Å². The zero-order valence-corrected chi connectivity index (χ0v) is 20.9. The number of hydrogen-bond donors (Lipinski definition) is 1. The van der Waals surface area contributed by atoms with Gasteiger partial charge in [0.1, 0.15) is 6.54 Å². The van der Waals surface area contributed by atoms with E-state index in [2.05, 4.69) is 27.1 Å². The molecule has 0 bridgehead atoms. The summed E-state index contributed by atoms with van der Waals surface area (Å²) in [5.41, 5.74) is 0.676. The predicted molar refractivity (Wildman–Crippen MR) is 126 cm³/mol. The average Bonchev–Trinajstić information content (AvgIpc) is 3.18. The number of nitrogens with one attached hydrogen (secondary N) is 1. The van der Waals surface area contributed by atoms with Crippen LogP contribution in [-0.4, -0.2) is 46.2 Å². The minimum Gasteiger partial charge on any atom is -0.296 e. The van der Waals surface area contributed by atoms with Crippen LogP contribution in [0.15, 0.2) is 18.2 Å². The van der Waals surface area contributed by atoms with E-state index in [4.69, 9.17) is 23.2 Å². The number of tetrazole rings is 1. The Morgan fingerprint density at radius 2 is 1.75 bits per heavy atom. The molecule has 0 radical (unpaired) electrons. The topological polar surface area (TPSA) is 107 Å². The Hall–Kier alpha value is -1.55. The van der Waals surface area contributed by atoms with Crippen LogP contribution in [0.1, 0.15) is 70.2 Å². The van der Waals surface area contributed by atoms with Crippen LogP contribution in [0.3, 0.4) is 0 Å². The van der Waals surface area contributed by atoms with E-state index in [0.29, 0.717) is 34.3 Å². The highest BCUT2D eigenvalue weighted by atomic mass is 35.5. The number of Topliss-reactive ketones (excluding diaryl/α,β-unsaturated/α-hetero) is 1. The summed E-state index contributed by atoms with van der Waals surface area (Å²) >= 11 is 12.3. The molecule has 8 nitrogen and oxygen atoms in total. The van der Waals surface area contributed by atoms with Gasteiger partial charge in [-0.25, -0.2) is 13.1 Å². The second-order valence-corrected chi connectivity index (χ2v) is 10.4. The minimum atomic E-state index is -3.53. The number of nitrogens with zero attached hydrogens (tertiary/aromatic N) is 4. The Morgan fingerprint density at radius 3 is 2.41 bits per heavy atom. The maximum absolute atomic E-state index is 12.6. The molecule has 0 aliphatic carbocycles. The van der Waals surface area contributed by atoms with Gasteiger partial charge in [-0.1, -0.05) is 75.2 Å². The smallest absolute Gasteiger partial charge is 0.212 e. The summed E-state index contributed by atoms with van der Waals surface area (Å²) in [6.45, 7) is 3.72. The van der Waals surface area contributed by atoms with Crippen molar-refractivity contribution in [1.82, 2.24) is 24.9 Å². The second-order valence-electron chi connectivity index (χ2n) is 7.74. The Kier molecular flexibility index (Phi) is 11.0. The average molecular weight is 504 g/mol. The Balaban J connectivity index is 1.89. The molecule has 0 aliphatic rings. The van der Waals surface area contributed by atoms with Crippen LogP contribution in [0.4, 0.5) is 0 Å². The van der Waals surface area contributed by atoms with Crippen molar-refractivity contribution in [2.45, 2.75) is 77.8 Å². The second kappa shape index (κ2) is 13.2. The van der Waals surface area contributed by atoms with Crippen LogP contribution >= 0.6 is 23.2 Å². The van der Waals surface area contributed by atoms with Gasteiger partial charge in [-0.3, -0.25) is 4.79 Å². The number of benzene rings is 1. The van der Waals surface area contributed by atoms with E-state index in [1.165, 1.54) is 6.42 Å². The number of unbranched alkanes of at least 4 members (excludes halogenated alkanes) is 5. The van der Waals surface area contributed by atoms with E-state index in [-0.39, 0.29) is 24.5 Å². The van der Waals surface area contributed by atoms with Crippen LogP contribution in [0.2, 0.25) is 10.0 Å². The molecule has 32 heavy (non-hydrogen) atoms. The molecule has 2 rings (SSSR count). The number of sulfonamides is 1. The first kappa shape index (κ1) is 26.7. The molecule has 0 saturated heterocycles. The number of rotatable bonds is 15. The number of hydrogen-bond acceptors (Lipinski definition) is 6. The fraction of sp³-hybridized carbons (Fsp3) is 0.619. The fourth-order valence-electron chi connectivity index (χ4n) is 3.25. The quantitative estimate of drug-likeness (QED) is 0.365. The summed E-state index contributed by atoms with van der Waals surface area (Å²) in [5, 5.41) is 13.0. The van der Waals surface area contributed by atoms with Crippen molar-refractivity contribution in [3.8, 4) is 0 Å². The Morgan fingerprint density at radius 1 is 1.09 bits per heavy atom. The summed E-state index contributed by atoms with van der Waals surface area (Å²) in [5.74, 6) is 0.0657. The van der Waals surface area contributed by atoms with Crippen molar-refractivity contribution >= 4 is 39.0 Å². The number of carbonyl (C=O) groups is 1. The van der Waals surface area contributed by atoms with Gasteiger partial charge >= 0.3 is 0 Å². The molecule has 1 aromatic carbocycles. The minimum absolute atomic E-state index is 0.0211. The van der Waals surface area contributed by atoms with E-state index in [9.17, 15) is 13.2 Å². The number of aromatic nitrogens is 4. The van der Waals surface area contributed by atoms with Gasteiger partial charge in [0, 0.05) is 16.5 Å². The van der Waals surface area contributed by atoms with Crippen LogP contribution in [0, 0.1) is 0 Å². The number of carbonyl (C=O) groups excluding carboxylic acids is 1. The van der Waals surface area contributed by atoms with Crippen LogP contribution in [0.5, 0.6) is 0 Å². The monoisotopic (exact) mass is 503 g/mol. The Labute approximate surface area is 200 Å². The van der Waals surface area contributed by atoms with Crippen molar-refractivity contribution in [2.24, 2.45) is 0 Å². The summed E-state index contributed by atoms with van der Waals surface area (Å²) in [6, 6.07) is 4.36. The van der Waals surface area contributed by atoms with Gasteiger partial charge in [0.2, 0.25) is 10.0 Å². The van der Waals surface area contributed by atoms with Gasteiger partial charge in [-0.15, -0.1) is 10.2 Å². The lowest BCUT2D eigenvalue weighted by Crippen LogP contribution is -2.43. The van der Waals surface area contributed by atoms with Gasteiger partial charge < -0.3 is 0 Å². The van der Waals surface area contributed by atoms with Crippen LogP contribution in [0.25, 0.3) is 0 Å². The van der Waals surface area contributed by atoms with E-state index >= 15 is 0 Å². The molecule has 1 atom stereocenters. The molecule has 1 aromatic heterocycles. The van der Waals surface area contributed by atoms with Crippen molar-refractivity contribution in [2.75, 3.05) is 5.75 Å². The zero-order valence-electron chi connectivity index (χ0n) is 18.6. The van der Waals surface area contributed by atoms with Crippen molar-refractivity contribution in [3.05, 3.63) is 39.6 Å². The zero-order chi connectivity index (χ0) is 23.6. The van der Waals surface area contributed by atoms with Crippen molar-refractivity contribution in [1.29, 1.82) is 0 Å². The maximum Gasteiger partial charge on any atom is 0.212 e. The molecule has 0 amide bonds. The molecule has 1 N–H and O–H groups in total. The summed E-state index contributed by atoms with van der Waals surface area (Å²) < 4.78 is 27.3. The lowest BCUT2D eigenvalue weighted by atomic mass is 10.1. The Bertz CT molecular complexity index is 961. The highest BCUT2D eigenvalue weighted by Crippen LogP contribution is 2.25. The molecule has 0 fully saturated rings. The van der Waals surface area contributed by atoms with Crippen molar-refractivity contribution in [3.63, 3.8) is 0 Å². The molecular weight excluding hydrogens is 473 g/mol.